The molecule has 6 heteroatoms. The molecule has 2 unspecified atom stereocenters. The van der Waals surface area contributed by atoms with Crippen LogP contribution >= 0.6 is 0 Å². The van der Waals surface area contributed by atoms with Crippen molar-refractivity contribution in [3.05, 3.63) is 101 Å². The lowest BCUT2D eigenvalue weighted by Gasteiger charge is -2.47. The molecule has 6 nitrogen and oxygen atoms in total. The molecule has 6 rings (SSSR count). The number of hydrogen-bond donors (Lipinski definition) is 1. The van der Waals surface area contributed by atoms with Crippen LogP contribution in [0.4, 0.5) is 0 Å². The van der Waals surface area contributed by atoms with E-state index in [0.717, 1.165) is 39.0 Å². The quantitative estimate of drug-likeness (QED) is 0.483. The van der Waals surface area contributed by atoms with Crippen LogP contribution < -0.4 is 4.74 Å². The summed E-state index contributed by atoms with van der Waals surface area (Å²) in [5.41, 5.74) is 5.31. The number of fused-ring (bicyclic) bond motifs is 4. The summed E-state index contributed by atoms with van der Waals surface area (Å²) in [6.45, 7) is 0.613. The fourth-order valence-corrected chi connectivity index (χ4v) is 5.55. The second-order valence-corrected chi connectivity index (χ2v) is 9.25. The first-order chi connectivity index (χ1) is 17.1. The average Bonchev–Trinajstić information content (AvgIpc) is 3.28. The molecular formula is C29H27N3O3. The van der Waals surface area contributed by atoms with Crippen LogP contribution in [0.15, 0.2) is 78.9 Å². The predicted molar refractivity (Wildman–Crippen MR) is 134 cm³/mol. The number of nitrogens with one attached hydrogen (secondary N) is 1. The molecule has 0 spiro atoms. The molecule has 2 amide bonds. The van der Waals surface area contributed by atoms with E-state index in [2.05, 4.69) is 17.1 Å². The zero-order chi connectivity index (χ0) is 23.9. The van der Waals surface area contributed by atoms with E-state index in [-0.39, 0.29) is 24.4 Å². The molecule has 1 saturated heterocycles. The molecule has 0 bridgehead atoms. The number of benzene rings is 3. The number of carbonyl (C=O) groups excluding carboxylic acids is 2. The Bertz CT molecular complexity index is 1390. The highest BCUT2D eigenvalue weighted by atomic mass is 16.5. The second kappa shape index (κ2) is 8.62. The van der Waals surface area contributed by atoms with Crippen molar-refractivity contribution in [1.29, 1.82) is 0 Å². The Morgan fingerprint density at radius 3 is 2.46 bits per heavy atom. The molecule has 0 aliphatic carbocycles. The van der Waals surface area contributed by atoms with Gasteiger partial charge in [-0.15, -0.1) is 0 Å². The molecule has 1 fully saturated rings. The average molecular weight is 466 g/mol. The Balaban J connectivity index is 1.34. The Labute approximate surface area is 204 Å². The minimum atomic E-state index is -0.510. The number of methoxy groups -OCH3 is 1. The third-order valence-corrected chi connectivity index (χ3v) is 7.29. The number of aromatic amines is 1. The normalized spacial score (nSPS) is 19.6. The highest BCUT2D eigenvalue weighted by Gasteiger charge is 2.48. The minimum absolute atomic E-state index is 0.0116. The number of piperazine rings is 1. The van der Waals surface area contributed by atoms with Crippen LogP contribution in [0.5, 0.6) is 5.75 Å². The van der Waals surface area contributed by atoms with Crippen molar-refractivity contribution in [2.24, 2.45) is 0 Å². The van der Waals surface area contributed by atoms with E-state index in [4.69, 9.17) is 4.74 Å². The molecule has 0 saturated carbocycles. The molecule has 1 N–H and O–H groups in total. The zero-order valence-corrected chi connectivity index (χ0v) is 19.6. The monoisotopic (exact) mass is 465 g/mol. The van der Waals surface area contributed by atoms with Gasteiger partial charge in [-0.3, -0.25) is 9.59 Å². The van der Waals surface area contributed by atoms with E-state index >= 15 is 0 Å². The van der Waals surface area contributed by atoms with Gasteiger partial charge in [0, 0.05) is 29.6 Å². The second-order valence-electron chi connectivity index (χ2n) is 9.25. The first-order valence-electron chi connectivity index (χ1n) is 12.0. The predicted octanol–water partition coefficient (Wildman–Crippen LogP) is 4.10. The number of rotatable bonds is 5. The zero-order valence-electron chi connectivity index (χ0n) is 19.6. The van der Waals surface area contributed by atoms with Gasteiger partial charge in [0.25, 0.3) is 0 Å². The van der Waals surface area contributed by atoms with Gasteiger partial charge in [0.2, 0.25) is 11.8 Å². The van der Waals surface area contributed by atoms with Crippen LogP contribution in [-0.4, -0.2) is 52.8 Å². The van der Waals surface area contributed by atoms with Gasteiger partial charge in [0.05, 0.1) is 19.7 Å². The van der Waals surface area contributed by atoms with Crippen LogP contribution in [0.1, 0.15) is 28.4 Å². The number of amides is 2. The number of ether oxygens (including phenoxy) is 1. The maximum atomic E-state index is 13.8. The molecule has 1 aromatic heterocycles. The topological polar surface area (TPSA) is 65.6 Å². The van der Waals surface area contributed by atoms with Crippen LogP contribution in [0.3, 0.4) is 0 Å². The lowest BCUT2D eigenvalue weighted by molar-refractivity contribution is -0.158. The van der Waals surface area contributed by atoms with E-state index in [1.165, 1.54) is 0 Å². The number of H-pyrrole nitrogens is 1. The van der Waals surface area contributed by atoms with Crippen molar-refractivity contribution in [1.82, 2.24) is 14.8 Å². The van der Waals surface area contributed by atoms with Crippen LogP contribution in [0.2, 0.25) is 0 Å². The molecular weight excluding hydrogens is 438 g/mol. The van der Waals surface area contributed by atoms with Crippen LogP contribution in [0, 0.1) is 0 Å². The molecule has 4 aromatic rings. The van der Waals surface area contributed by atoms with Gasteiger partial charge in [0.1, 0.15) is 11.8 Å². The van der Waals surface area contributed by atoms with Gasteiger partial charge in [-0.2, -0.15) is 0 Å². The van der Waals surface area contributed by atoms with Crippen molar-refractivity contribution < 1.29 is 14.3 Å². The van der Waals surface area contributed by atoms with Crippen molar-refractivity contribution in [2.75, 3.05) is 20.2 Å². The van der Waals surface area contributed by atoms with Crippen LogP contribution in [-0.2, 0) is 22.4 Å². The van der Waals surface area contributed by atoms with Gasteiger partial charge in [-0.25, -0.2) is 0 Å². The number of carbonyl (C=O) groups is 2. The summed E-state index contributed by atoms with van der Waals surface area (Å²) in [4.78, 5) is 34.5. The first-order valence-corrected chi connectivity index (χ1v) is 12.0. The molecule has 35 heavy (non-hydrogen) atoms. The van der Waals surface area contributed by atoms with Gasteiger partial charge < -0.3 is 19.5 Å². The molecule has 3 heterocycles. The van der Waals surface area contributed by atoms with Crippen molar-refractivity contribution in [2.45, 2.75) is 24.9 Å². The maximum absolute atomic E-state index is 13.8. The standard InChI is InChI=1S/C29H27N3O3/c1-35-21-13-11-19(12-14-21)15-16-31-18-26(33)32-25(29(31)34)17-23-22-9-5-6-10-24(22)30-27(23)28(32)20-7-3-2-4-8-20/h2-14,25,28,30H,15-18H2,1H3. The summed E-state index contributed by atoms with van der Waals surface area (Å²) in [7, 11) is 1.64. The fourth-order valence-electron chi connectivity index (χ4n) is 5.55. The Morgan fingerprint density at radius 2 is 1.69 bits per heavy atom. The van der Waals surface area contributed by atoms with Crippen molar-refractivity contribution in [3.8, 4) is 5.75 Å². The highest BCUT2D eigenvalue weighted by Crippen LogP contribution is 2.42. The third-order valence-electron chi connectivity index (χ3n) is 7.29. The largest absolute Gasteiger partial charge is 0.497 e. The van der Waals surface area contributed by atoms with Gasteiger partial charge in [-0.1, -0.05) is 60.7 Å². The van der Waals surface area contributed by atoms with E-state index in [1.54, 1.807) is 12.0 Å². The summed E-state index contributed by atoms with van der Waals surface area (Å²) >= 11 is 0. The molecule has 2 aliphatic heterocycles. The third kappa shape index (κ3) is 3.66. The maximum Gasteiger partial charge on any atom is 0.246 e. The Kier molecular flexibility index (Phi) is 5.29. The minimum Gasteiger partial charge on any atom is -0.497 e. The SMILES string of the molecule is COc1ccc(CCN2CC(=O)N3C(Cc4c([nH]c5ccccc45)C3c3ccccc3)C2=O)cc1. The van der Waals surface area contributed by atoms with Crippen molar-refractivity contribution >= 4 is 22.7 Å². The molecule has 2 atom stereocenters. The molecule has 3 aromatic carbocycles. The van der Waals surface area contributed by atoms with Gasteiger partial charge in [-0.05, 0) is 41.3 Å². The van der Waals surface area contributed by atoms with E-state index in [1.807, 2.05) is 71.6 Å². The van der Waals surface area contributed by atoms with Gasteiger partial charge >= 0.3 is 0 Å². The highest BCUT2D eigenvalue weighted by molar-refractivity contribution is 5.97. The van der Waals surface area contributed by atoms with Crippen molar-refractivity contribution in [3.63, 3.8) is 0 Å². The number of para-hydroxylation sites is 1. The van der Waals surface area contributed by atoms with E-state index in [0.29, 0.717) is 19.4 Å². The number of aromatic nitrogens is 1. The summed E-state index contributed by atoms with van der Waals surface area (Å²) in [6.07, 6.45) is 1.21. The molecule has 0 radical (unpaired) electrons. The number of hydrogen-bond acceptors (Lipinski definition) is 3. The van der Waals surface area contributed by atoms with E-state index in [9.17, 15) is 9.59 Å². The lowest BCUT2D eigenvalue weighted by atomic mass is 9.86. The fraction of sp³-hybridized carbons (Fsp3) is 0.241. The molecule has 176 valence electrons. The Hall–Kier alpha value is -4.06. The number of nitrogens with zero attached hydrogens (tertiary/aromatic N) is 2. The van der Waals surface area contributed by atoms with Crippen LogP contribution in [0.25, 0.3) is 10.9 Å². The van der Waals surface area contributed by atoms with E-state index < -0.39 is 6.04 Å². The summed E-state index contributed by atoms with van der Waals surface area (Å²) in [5.74, 6) is 0.815. The Morgan fingerprint density at radius 1 is 0.943 bits per heavy atom. The smallest absolute Gasteiger partial charge is 0.246 e. The van der Waals surface area contributed by atoms with Gasteiger partial charge in [0.15, 0.2) is 0 Å². The summed E-state index contributed by atoms with van der Waals surface area (Å²) < 4.78 is 5.24. The first kappa shape index (κ1) is 21.5. The summed E-state index contributed by atoms with van der Waals surface area (Å²) in [5, 5.41) is 1.12. The lowest BCUT2D eigenvalue weighted by Crippen LogP contribution is -2.63. The molecule has 2 aliphatic rings. The summed E-state index contributed by atoms with van der Waals surface area (Å²) in [6, 6.07) is 25.2.